The van der Waals surface area contributed by atoms with Crippen molar-refractivity contribution in [3.05, 3.63) is 208 Å². The molecule has 0 amide bonds. The van der Waals surface area contributed by atoms with E-state index in [1.54, 1.807) is 0 Å². The molecule has 268 valence electrons. The molecule has 4 nitrogen and oxygen atoms in total. The van der Waals surface area contributed by atoms with Gasteiger partial charge in [-0.15, -0.1) is 0 Å². The summed E-state index contributed by atoms with van der Waals surface area (Å²) in [6.45, 7) is 9.31. The van der Waals surface area contributed by atoms with Gasteiger partial charge in [0.1, 0.15) is 11.5 Å². The van der Waals surface area contributed by atoms with E-state index < -0.39 is 5.41 Å². The predicted octanol–water partition coefficient (Wildman–Crippen LogP) is 12.3. The summed E-state index contributed by atoms with van der Waals surface area (Å²) in [5.74, 6) is 3.72. The van der Waals surface area contributed by atoms with Crippen LogP contribution in [0, 0.1) is 0 Å². The van der Waals surface area contributed by atoms with Crippen LogP contribution in [0.1, 0.15) is 72.2 Å². The van der Waals surface area contributed by atoms with Gasteiger partial charge in [0.25, 0.3) is 0 Å². The van der Waals surface area contributed by atoms with E-state index >= 15 is 0 Å². The largest absolute Gasteiger partial charge is 0.457 e. The summed E-state index contributed by atoms with van der Waals surface area (Å²) in [6.07, 6.45) is 0. The fourth-order valence-electron chi connectivity index (χ4n) is 9.94. The average molecular weight is 722 g/mol. The molecule has 0 radical (unpaired) electrons. The van der Waals surface area contributed by atoms with Crippen LogP contribution in [-0.4, -0.2) is 15.0 Å². The third-order valence-electron chi connectivity index (χ3n) is 12.7. The zero-order chi connectivity index (χ0) is 37.8. The molecule has 0 atom stereocenters. The van der Waals surface area contributed by atoms with E-state index in [1.807, 2.05) is 18.2 Å². The van der Waals surface area contributed by atoms with Gasteiger partial charge in [0, 0.05) is 38.6 Å². The number of ether oxygens (including phenoxy) is 1. The maximum Gasteiger partial charge on any atom is 0.164 e. The van der Waals surface area contributed by atoms with E-state index in [0.717, 1.165) is 39.3 Å². The molecule has 0 saturated heterocycles. The maximum atomic E-state index is 6.62. The van der Waals surface area contributed by atoms with Gasteiger partial charge in [-0.25, -0.2) is 15.0 Å². The van der Waals surface area contributed by atoms with Gasteiger partial charge in [-0.3, -0.25) is 0 Å². The Morgan fingerprint density at radius 2 is 0.786 bits per heavy atom. The Kier molecular flexibility index (Phi) is 6.83. The molecule has 7 aromatic carbocycles. The molecule has 2 heterocycles. The zero-order valence-electron chi connectivity index (χ0n) is 31.8. The van der Waals surface area contributed by atoms with Gasteiger partial charge in [-0.05, 0) is 68.8 Å². The van der Waals surface area contributed by atoms with Gasteiger partial charge in [0.15, 0.2) is 17.5 Å². The van der Waals surface area contributed by atoms with Crippen LogP contribution in [0.3, 0.4) is 0 Å². The first kappa shape index (κ1) is 32.8. The second-order valence-electron chi connectivity index (χ2n) is 16.4. The van der Waals surface area contributed by atoms with Gasteiger partial charge in [-0.1, -0.05) is 167 Å². The smallest absolute Gasteiger partial charge is 0.164 e. The lowest BCUT2D eigenvalue weighted by Gasteiger charge is -2.50. The number of hydrogen-bond acceptors (Lipinski definition) is 4. The second kappa shape index (κ2) is 11.7. The summed E-state index contributed by atoms with van der Waals surface area (Å²) in [4.78, 5) is 15.7. The van der Waals surface area contributed by atoms with Crippen LogP contribution < -0.4 is 4.74 Å². The second-order valence-corrected chi connectivity index (χ2v) is 16.4. The van der Waals surface area contributed by atoms with Gasteiger partial charge in [0.05, 0.1) is 5.41 Å². The van der Waals surface area contributed by atoms with Crippen molar-refractivity contribution in [3.8, 4) is 56.8 Å². The molecule has 0 fully saturated rings. The highest BCUT2D eigenvalue weighted by atomic mass is 16.5. The molecule has 2 aliphatic carbocycles. The van der Waals surface area contributed by atoms with Crippen LogP contribution in [0.5, 0.6) is 11.5 Å². The van der Waals surface area contributed by atoms with Crippen molar-refractivity contribution in [1.82, 2.24) is 15.0 Å². The van der Waals surface area contributed by atoms with E-state index in [-0.39, 0.29) is 10.8 Å². The molecular formula is C52H39N3O. The van der Waals surface area contributed by atoms with Crippen molar-refractivity contribution in [2.75, 3.05) is 0 Å². The van der Waals surface area contributed by atoms with E-state index in [2.05, 4.69) is 173 Å². The lowest BCUT2D eigenvalue weighted by atomic mass is 9.53. The topological polar surface area (TPSA) is 47.9 Å². The number of fused-ring (bicyclic) bond motifs is 11. The number of hydrogen-bond donors (Lipinski definition) is 0. The molecular weight excluding hydrogens is 683 g/mol. The SMILES string of the molecule is CC1(C)c2ccccc2-c2ccc(-c3nc(-c4ccccc4)nc(-c4ccc5c(c4)C(C)(C)c4ccccc4C54c5ccccc5Oc5ccccc54)n3)cc21. The molecule has 0 saturated carbocycles. The van der Waals surface area contributed by atoms with E-state index in [0.29, 0.717) is 17.5 Å². The van der Waals surface area contributed by atoms with Gasteiger partial charge >= 0.3 is 0 Å². The standard InChI is InChI=1S/C52H39N3O/c1-50(2)37-19-9-8-18-35(37)36-28-26-33(30-43(36)50)48-53-47(32-16-6-5-7-17-32)54-49(55-48)34-27-29-40-44(31-34)51(3,4)38-20-10-11-21-39(38)52(40)41-22-12-14-24-45(41)56-46-25-15-13-23-42(46)52/h5-31H,1-4H3. The monoisotopic (exact) mass is 721 g/mol. The first-order valence-electron chi connectivity index (χ1n) is 19.4. The number of nitrogens with zero attached hydrogens (tertiary/aromatic N) is 3. The summed E-state index contributed by atoms with van der Waals surface area (Å²) < 4.78 is 6.62. The maximum absolute atomic E-state index is 6.62. The van der Waals surface area contributed by atoms with Gasteiger partial charge < -0.3 is 4.74 Å². The third kappa shape index (κ3) is 4.44. The van der Waals surface area contributed by atoms with Crippen molar-refractivity contribution >= 4 is 0 Å². The summed E-state index contributed by atoms with van der Waals surface area (Å²) in [6, 6.07) is 58.6. The summed E-state index contributed by atoms with van der Waals surface area (Å²) >= 11 is 0. The summed E-state index contributed by atoms with van der Waals surface area (Å²) in [7, 11) is 0. The Labute approximate surface area is 327 Å². The number of rotatable bonds is 3. The van der Waals surface area contributed by atoms with Crippen LogP contribution >= 0.6 is 0 Å². The van der Waals surface area contributed by atoms with Crippen LogP contribution in [0.25, 0.3) is 45.3 Å². The number of aromatic nitrogens is 3. The van der Waals surface area contributed by atoms with E-state index in [4.69, 9.17) is 19.7 Å². The highest BCUT2D eigenvalue weighted by molar-refractivity contribution is 5.83. The normalized spacial score (nSPS) is 15.7. The summed E-state index contributed by atoms with van der Waals surface area (Å²) in [5, 5.41) is 0. The minimum absolute atomic E-state index is 0.141. The highest BCUT2D eigenvalue weighted by Crippen LogP contribution is 2.61. The molecule has 0 bridgehead atoms. The molecule has 1 aliphatic heterocycles. The molecule has 1 spiro atoms. The Morgan fingerprint density at radius 1 is 0.339 bits per heavy atom. The minimum atomic E-state index is -0.584. The number of para-hydroxylation sites is 2. The Hall–Kier alpha value is -6.65. The molecule has 1 aromatic heterocycles. The Balaban J connectivity index is 1.14. The van der Waals surface area contributed by atoms with E-state index in [9.17, 15) is 0 Å². The Morgan fingerprint density at radius 3 is 1.45 bits per heavy atom. The summed E-state index contributed by atoms with van der Waals surface area (Å²) in [5.41, 5.74) is 14.4. The molecule has 0 N–H and O–H groups in total. The van der Waals surface area contributed by atoms with Gasteiger partial charge in [-0.2, -0.15) is 0 Å². The van der Waals surface area contributed by atoms with Crippen LogP contribution in [0.4, 0.5) is 0 Å². The van der Waals surface area contributed by atoms with Gasteiger partial charge in [0.2, 0.25) is 0 Å². The molecule has 11 rings (SSSR count). The molecule has 4 heteroatoms. The van der Waals surface area contributed by atoms with Crippen molar-refractivity contribution in [1.29, 1.82) is 0 Å². The molecule has 3 aliphatic rings. The minimum Gasteiger partial charge on any atom is -0.457 e. The predicted molar refractivity (Wildman–Crippen MR) is 224 cm³/mol. The number of benzene rings is 7. The van der Waals surface area contributed by atoms with Crippen LogP contribution in [0.2, 0.25) is 0 Å². The fraction of sp³-hybridized carbons (Fsp3) is 0.135. The molecule has 0 unspecified atom stereocenters. The fourth-order valence-corrected chi connectivity index (χ4v) is 9.94. The quantitative estimate of drug-likeness (QED) is 0.182. The molecule has 56 heavy (non-hydrogen) atoms. The van der Waals surface area contributed by atoms with Crippen molar-refractivity contribution < 1.29 is 4.74 Å². The zero-order valence-corrected chi connectivity index (χ0v) is 31.8. The Bertz CT molecular complexity index is 2860. The lowest BCUT2D eigenvalue weighted by Crippen LogP contribution is -2.43. The first-order chi connectivity index (χ1) is 27.3. The lowest BCUT2D eigenvalue weighted by molar-refractivity contribution is 0.425. The van der Waals surface area contributed by atoms with Crippen molar-refractivity contribution in [3.63, 3.8) is 0 Å². The highest BCUT2D eigenvalue weighted by Gasteiger charge is 2.52. The van der Waals surface area contributed by atoms with Crippen molar-refractivity contribution in [2.24, 2.45) is 0 Å². The molecule has 8 aromatic rings. The van der Waals surface area contributed by atoms with Crippen LogP contribution in [0.15, 0.2) is 164 Å². The van der Waals surface area contributed by atoms with E-state index in [1.165, 1.54) is 44.5 Å². The third-order valence-corrected chi connectivity index (χ3v) is 12.7. The van der Waals surface area contributed by atoms with Crippen LogP contribution in [-0.2, 0) is 16.2 Å². The average Bonchev–Trinajstić information content (AvgIpc) is 3.47. The van der Waals surface area contributed by atoms with Crippen molar-refractivity contribution in [2.45, 2.75) is 43.9 Å². The first-order valence-corrected chi connectivity index (χ1v) is 19.4.